The van der Waals surface area contributed by atoms with Crippen molar-refractivity contribution in [2.75, 3.05) is 13.3 Å². The Morgan fingerprint density at radius 3 is 3.05 bits per heavy atom. The summed E-state index contributed by atoms with van der Waals surface area (Å²) in [5.74, 6) is 1.39. The molecule has 0 bridgehead atoms. The number of thiophene rings is 1. The molecule has 1 aromatic carbocycles. The van der Waals surface area contributed by atoms with Gasteiger partial charge in [0.15, 0.2) is 11.5 Å². The van der Waals surface area contributed by atoms with E-state index >= 15 is 0 Å². The Morgan fingerprint density at radius 2 is 2.21 bits per heavy atom. The van der Waals surface area contributed by atoms with Crippen molar-refractivity contribution in [1.29, 1.82) is 0 Å². The average Bonchev–Trinajstić information content (AvgIpc) is 3.05. The molecule has 0 spiro atoms. The number of ether oxygens (including phenoxy) is 2. The summed E-state index contributed by atoms with van der Waals surface area (Å²) in [4.78, 5) is 0. The molecule has 3 rings (SSSR count). The molecule has 2 heterocycles. The van der Waals surface area contributed by atoms with Crippen LogP contribution in [-0.4, -0.2) is 13.3 Å². The molecule has 1 aromatic heterocycles. The molecule has 1 N–H and O–H groups in total. The Labute approximate surface area is 121 Å². The molecule has 0 fully saturated rings. The third kappa shape index (κ3) is 3.03. The van der Waals surface area contributed by atoms with Crippen LogP contribution in [0.3, 0.4) is 0 Å². The van der Waals surface area contributed by atoms with Crippen LogP contribution in [0.4, 0.5) is 0 Å². The molecule has 1 aliphatic heterocycles. The molecule has 0 atom stereocenters. The third-order valence-electron chi connectivity index (χ3n) is 2.99. The number of nitrogens with one attached hydrogen (secondary N) is 1. The Balaban J connectivity index is 1.54. The summed E-state index contributed by atoms with van der Waals surface area (Å²) in [5, 5.41) is 8.31. The summed E-state index contributed by atoms with van der Waals surface area (Å²) in [6.45, 7) is 1.98. The molecule has 1 aliphatic rings. The molecule has 0 saturated heterocycles. The summed E-state index contributed by atoms with van der Waals surface area (Å²) in [7, 11) is 0. The highest BCUT2D eigenvalue weighted by molar-refractivity contribution is 7.07. The van der Waals surface area contributed by atoms with Crippen LogP contribution in [0.25, 0.3) is 0 Å². The van der Waals surface area contributed by atoms with Crippen molar-refractivity contribution in [1.82, 2.24) is 5.32 Å². The van der Waals surface area contributed by atoms with E-state index < -0.39 is 0 Å². The Morgan fingerprint density at radius 1 is 1.26 bits per heavy atom. The van der Waals surface area contributed by atoms with E-state index in [1.165, 1.54) is 5.56 Å². The SMILES string of the molecule is Clc1cc(CNCCc2ccsc2)cc2c1OCO2. The van der Waals surface area contributed by atoms with Gasteiger partial charge in [-0.05, 0) is 53.1 Å². The normalized spacial score (nSPS) is 12.9. The number of rotatable bonds is 5. The second-order valence-electron chi connectivity index (χ2n) is 4.37. The Hall–Kier alpha value is -1.23. The first-order valence-corrected chi connectivity index (χ1v) is 7.45. The highest BCUT2D eigenvalue weighted by Gasteiger charge is 2.17. The zero-order chi connectivity index (χ0) is 13.1. The van der Waals surface area contributed by atoms with Crippen LogP contribution < -0.4 is 14.8 Å². The number of fused-ring (bicyclic) bond motifs is 1. The first-order valence-electron chi connectivity index (χ1n) is 6.13. The number of hydrogen-bond acceptors (Lipinski definition) is 4. The molecule has 100 valence electrons. The van der Waals surface area contributed by atoms with Gasteiger partial charge < -0.3 is 14.8 Å². The van der Waals surface area contributed by atoms with E-state index in [1.807, 2.05) is 12.1 Å². The van der Waals surface area contributed by atoms with Gasteiger partial charge in [0.05, 0.1) is 5.02 Å². The molecule has 0 saturated carbocycles. The molecule has 0 amide bonds. The molecule has 5 heteroatoms. The van der Waals surface area contributed by atoms with Crippen LogP contribution in [0.2, 0.25) is 5.02 Å². The van der Waals surface area contributed by atoms with Crippen LogP contribution >= 0.6 is 22.9 Å². The van der Waals surface area contributed by atoms with E-state index in [0.29, 0.717) is 10.8 Å². The number of halogens is 1. The molecule has 2 aromatic rings. The van der Waals surface area contributed by atoms with Gasteiger partial charge in [0.2, 0.25) is 6.79 Å². The van der Waals surface area contributed by atoms with E-state index in [1.54, 1.807) is 11.3 Å². The largest absolute Gasteiger partial charge is 0.454 e. The van der Waals surface area contributed by atoms with Crippen LogP contribution in [0.5, 0.6) is 11.5 Å². The summed E-state index contributed by atoms with van der Waals surface area (Å²) >= 11 is 7.87. The number of hydrogen-bond donors (Lipinski definition) is 1. The van der Waals surface area contributed by atoms with Gasteiger partial charge in [0.1, 0.15) is 0 Å². The minimum absolute atomic E-state index is 0.254. The maximum absolute atomic E-state index is 6.14. The molecule has 0 aliphatic carbocycles. The molecular weight excluding hydrogens is 282 g/mol. The lowest BCUT2D eigenvalue weighted by molar-refractivity contribution is 0.174. The fourth-order valence-corrected chi connectivity index (χ4v) is 3.01. The van der Waals surface area contributed by atoms with Crippen molar-refractivity contribution in [3.63, 3.8) is 0 Å². The van der Waals surface area contributed by atoms with Gasteiger partial charge in [-0.3, -0.25) is 0 Å². The predicted molar refractivity (Wildman–Crippen MR) is 77.3 cm³/mol. The van der Waals surface area contributed by atoms with Crippen molar-refractivity contribution in [2.45, 2.75) is 13.0 Å². The monoisotopic (exact) mass is 295 g/mol. The Kier molecular flexibility index (Phi) is 3.92. The topological polar surface area (TPSA) is 30.5 Å². The van der Waals surface area contributed by atoms with Crippen molar-refractivity contribution in [3.05, 3.63) is 45.1 Å². The first-order chi connectivity index (χ1) is 9.33. The van der Waals surface area contributed by atoms with E-state index in [-0.39, 0.29) is 6.79 Å². The van der Waals surface area contributed by atoms with Gasteiger partial charge >= 0.3 is 0 Å². The maximum Gasteiger partial charge on any atom is 0.231 e. The number of benzene rings is 1. The Bertz CT molecular complexity index is 557. The van der Waals surface area contributed by atoms with Crippen molar-refractivity contribution in [3.8, 4) is 11.5 Å². The van der Waals surface area contributed by atoms with Gasteiger partial charge in [-0.15, -0.1) is 0 Å². The van der Waals surface area contributed by atoms with Crippen LogP contribution in [-0.2, 0) is 13.0 Å². The van der Waals surface area contributed by atoms with E-state index in [0.717, 1.165) is 30.8 Å². The second kappa shape index (κ2) is 5.82. The van der Waals surface area contributed by atoms with Gasteiger partial charge in [0.25, 0.3) is 0 Å². The van der Waals surface area contributed by atoms with Crippen molar-refractivity contribution >= 4 is 22.9 Å². The standard InChI is InChI=1S/C14H14ClNO2S/c15-12-5-11(6-13-14(12)18-9-17-13)7-16-3-1-10-2-4-19-8-10/h2,4-6,8,16H,1,3,7,9H2. The van der Waals surface area contributed by atoms with Gasteiger partial charge in [0, 0.05) is 6.54 Å². The molecule has 3 nitrogen and oxygen atoms in total. The minimum atomic E-state index is 0.254. The van der Waals surface area contributed by atoms with Crippen LogP contribution in [0.15, 0.2) is 29.0 Å². The predicted octanol–water partition coefficient (Wildman–Crippen LogP) is 3.46. The summed E-state index contributed by atoms with van der Waals surface area (Å²) < 4.78 is 10.6. The third-order valence-corrected chi connectivity index (χ3v) is 4.00. The zero-order valence-corrected chi connectivity index (χ0v) is 11.9. The lowest BCUT2D eigenvalue weighted by atomic mass is 10.2. The first kappa shape index (κ1) is 12.8. The fourth-order valence-electron chi connectivity index (χ4n) is 2.02. The average molecular weight is 296 g/mol. The summed E-state index contributed by atoms with van der Waals surface area (Å²) in [6, 6.07) is 6.06. The van der Waals surface area contributed by atoms with Gasteiger partial charge in [-0.2, -0.15) is 11.3 Å². The minimum Gasteiger partial charge on any atom is -0.454 e. The van der Waals surface area contributed by atoms with Gasteiger partial charge in [-0.1, -0.05) is 11.6 Å². The van der Waals surface area contributed by atoms with Crippen LogP contribution in [0, 0.1) is 0 Å². The summed E-state index contributed by atoms with van der Waals surface area (Å²) in [5.41, 5.74) is 2.49. The van der Waals surface area contributed by atoms with Crippen molar-refractivity contribution in [2.24, 2.45) is 0 Å². The molecule has 0 radical (unpaired) electrons. The maximum atomic E-state index is 6.14. The van der Waals surface area contributed by atoms with Gasteiger partial charge in [-0.25, -0.2) is 0 Å². The molecule has 0 unspecified atom stereocenters. The lowest BCUT2D eigenvalue weighted by Gasteiger charge is -2.06. The van der Waals surface area contributed by atoms with E-state index in [2.05, 4.69) is 22.1 Å². The molecule has 19 heavy (non-hydrogen) atoms. The second-order valence-corrected chi connectivity index (χ2v) is 5.56. The fraction of sp³-hybridized carbons (Fsp3) is 0.286. The summed E-state index contributed by atoms with van der Waals surface area (Å²) in [6.07, 6.45) is 1.04. The van der Waals surface area contributed by atoms with E-state index in [9.17, 15) is 0 Å². The highest BCUT2D eigenvalue weighted by atomic mass is 35.5. The molecular formula is C14H14ClNO2S. The smallest absolute Gasteiger partial charge is 0.231 e. The van der Waals surface area contributed by atoms with E-state index in [4.69, 9.17) is 21.1 Å². The van der Waals surface area contributed by atoms with Crippen LogP contribution in [0.1, 0.15) is 11.1 Å². The van der Waals surface area contributed by atoms with Crippen molar-refractivity contribution < 1.29 is 9.47 Å². The zero-order valence-electron chi connectivity index (χ0n) is 10.3. The lowest BCUT2D eigenvalue weighted by Crippen LogP contribution is -2.16. The highest BCUT2D eigenvalue weighted by Crippen LogP contribution is 2.39. The quantitative estimate of drug-likeness (QED) is 0.857.